The normalized spacial score (nSPS) is 14.9. The lowest BCUT2D eigenvalue weighted by molar-refractivity contribution is 0.148. The molecule has 0 saturated heterocycles. The SMILES string of the molecule is [B]C1C(N(c2ccc(-c3ccccc3)cc2)c2ccc(-c3ccc(-c4ccc(N(c5ccc(-c6ccccc6)cc5)c5c(O)c(C)c(C)c(C)c5O)cc4)cc3)cc2)=C(C)C(C)=C(O)C1O. The van der Waals surface area contributed by atoms with E-state index in [0.717, 1.165) is 95.2 Å². The van der Waals surface area contributed by atoms with Crippen molar-refractivity contribution in [2.45, 2.75) is 46.5 Å². The molecule has 0 aliphatic heterocycles. The van der Waals surface area contributed by atoms with Gasteiger partial charge in [-0.2, -0.15) is 0 Å². The Hall–Kier alpha value is -7.74. The number of aliphatic hydroxyl groups is 2. The number of aliphatic hydroxyl groups excluding tert-OH is 2. The summed E-state index contributed by atoms with van der Waals surface area (Å²) in [5, 5.41) is 44.9. The van der Waals surface area contributed by atoms with E-state index in [-0.39, 0.29) is 17.3 Å². The predicted molar refractivity (Wildman–Crippen MR) is 273 cm³/mol. The minimum atomic E-state index is -1.23. The van der Waals surface area contributed by atoms with Crippen LogP contribution in [0.1, 0.15) is 30.5 Å². The van der Waals surface area contributed by atoms with E-state index < -0.39 is 11.9 Å². The molecular formula is C59H51BN2O4. The van der Waals surface area contributed by atoms with Crippen molar-refractivity contribution in [3.05, 3.63) is 221 Å². The molecule has 0 saturated carbocycles. The van der Waals surface area contributed by atoms with E-state index in [1.807, 2.05) is 100 Å². The molecule has 2 radical (unpaired) electrons. The molecule has 1 aliphatic rings. The smallest absolute Gasteiger partial charge is 0.146 e. The van der Waals surface area contributed by atoms with Gasteiger partial charge in [-0.05, 0) is 161 Å². The van der Waals surface area contributed by atoms with Gasteiger partial charge in [0.25, 0.3) is 0 Å². The Kier molecular flexibility index (Phi) is 11.9. The van der Waals surface area contributed by atoms with Crippen LogP contribution in [-0.4, -0.2) is 34.4 Å². The number of benzene rings is 8. The second-order valence-corrected chi connectivity index (χ2v) is 17.1. The van der Waals surface area contributed by atoms with Gasteiger partial charge in [0.2, 0.25) is 0 Å². The van der Waals surface area contributed by atoms with Gasteiger partial charge in [-0.3, -0.25) is 0 Å². The molecule has 0 heterocycles. The van der Waals surface area contributed by atoms with Crippen molar-refractivity contribution in [3.8, 4) is 56.0 Å². The summed E-state index contributed by atoms with van der Waals surface area (Å²) < 4.78 is 0. The van der Waals surface area contributed by atoms with Crippen molar-refractivity contribution in [2.75, 3.05) is 9.80 Å². The van der Waals surface area contributed by atoms with Crippen LogP contribution in [0, 0.1) is 20.8 Å². The third-order valence-corrected chi connectivity index (χ3v) is 13.3. The molecular weight excluding hydrogens is 811 g/mol. The molecule has 0 aromatic heterocycles. The van der Waals surface area contributed by atoms with Gasteiger partial charge in [-0.25, -0.2) is 0 Å². The van der Waals surface area contributed by atoms with Crippen molar-refractivity contribution in [3.63, 3.8) is 0 Å². The molecule has 0 spiro atoms. The van der Waals surface area contributed by atoms with Gasteiger partial charge in [0, 0.05) is 28.4 Å². The molecule has 324 valence electrons. The van der Waals surface area contributed by atoms with E-state index in [2.05, 4.69) is 126 Å². The molecule has 0 bridgehead atoms. The maximum atomic E-state index is 11.6. The van der Waals surface area contributed by atoms with Crippen LogP contribution in [0.3, 0.4) is 0 Å². The number of rotatable bonds is 10. The number of allylic oxidation sites excluding steroid dienone is 2. The Bertz CT molecular complexity index is 3060. The van der Waals surface area contributed by atoms with E-state index in [0.29, 0.717) is 11.3 Å². The minimum Gasteiger partial charge on any atom is -0.509 e. The molecule has 7 heteroatoms. The quantitative estimate of drug-likeness (QED) is 0.102. The summed E-state index contributed by atoms with van der Waals surface area (Å²) in [4.78, 5) is 4.00. The number of phenolic OH excluding ortho intramolecular Hbond substituents is 2. The Morgan fingerprint density at radius 3 is 0.985 bits per heavy atom. The summed E-state index contributed by atoms with van der Waals surface area (Å²) in [6, 6.07) is 61.8. The lowest BCUT2D eigenvalue weighted by Crippen LogP contribution is -2.33. The van der Waals surface area contributed by atoms with Crippen LogP contribution in [0.5, 0.6) is 11.5 Å². The zero-order chi connectivity index (χ0) is 46.2. The Morgan fingerprint density at radius 2 is 0.652 bits per heavy atom. The van der Waals surface area contributed by atoms with Crippen LogP contribution in [-0.2, 0) is 0 Å². The van der Waals surface area contributed by atoms with Crippen molar-refractivity contribution in [1.82, 2.24) is 0 Å². The molecule has 0 fully saturated rings. The molecule has 8 aromatic rings. The highest BCUT2D eigenvalue weighted by Gasteiger charge is 2.34. The predicted octanol–water partition coefficient (Wildman–Crippen LogP) is 14.7. The fraction of sp³-hybridized carbons (Fsp3) is 0.119. The third kappa shape index (κ3) is 8.03. The van der Waals surface area contributed by atoms with E-state index >= 15 is 0 Å². The molecule has 9 rings (SSSR count). The van der Waals surface area contributed by atoms with Gasteiger partial charge < -0.3 is 30.2 Å². The number of phenols is 2. The van der Waals surface area contributed by atoms with Gasteiger partial charge in [0.15, 0.2) is 0 Å². The van der Waals surface area contributed by atoms with Crippen LogP contribution in [0.2, 0.25) is 5.82 Å². The van der Waals surface area contributed by atoms with Crippen LogP contribution >= 0.6 is 0 Å². The van der Waals surface area contributed by atoms with Crippen LogP contribution in [0.4, 0.5) is 28.4 Å². The second-order valence-electron chi connectivity index (χ2n) is 17.1. The average Bonchev–Trinajstić information content (AvgIpc) is 3.37. The largest absolute Gasteiger partial charge is 0.509 e. The van der Waals surface area contributed by atoms with Crippen LogP contribution < -0.4 is 9.80 Å². The number of aromatic hydroxyl groups is 2. The highest BCUT2D eigenvalue weighted by Crippen LogP contribution is 2.50. The van der Waals surface area contributed by atoms with Crippen molar-refractivity contribution in [1.29, 1.82) is 0 Å². The first-order valence-corrected chi connectivity index (χ1v) is 22.2. The lowest BCUT2D eigenvalue weighted by Gasteiger charge is -2.38. The molecule has 0 amide bonds. The molecule has 6 nitrogen and oxygen atoms in total. The zero-order valence-electron chi connectivity index (χ0n) is 37.7. The van der Waals surface area contributed by atoms with Crippen molar-refractivity contribution in [2.24, 2.45) is 0 Å². The lowest BCUT2D eigenvalue weighted by atomic mass is 9.72. The number of nitrogens with zero attached hydrogens (tertiary/aromatic N) is 2. The number of anilines is 5. The summed E-state index contributed by atoms with van der Waals surface area (Å²) in [7, 11) is 6.71. The maximum absolute atomic E-state index is 11.6. The minimum absolute atomic E-state index is 0.0386. The van der Waals surface area contributed by atoms with E-state index in [1.54, 1.807) is 0 Å². The third-order valence-electron chi connectivity index (χ3n) is 13.3. The summed E-state index contributed by atoms with van der Waals surface area (Å²) in [5.74, 6) is -0.875. The molecule has 4 N–H and O–H groups in total. The molecule has 66 heavy (non-hydrogen) atoms. The summed E-state index contributed by atoms with van der Waals surface area (Å²) in [6.07, 6.45) is -1.23. The average molecular weight is 863 g/mol. The van der Waals surface area contributed by atoms with Crippen molar-refractivity contribution < 1.29 is 20.4 Å². The molecule has 2 unspecified atom stereocenters. The Labute approximate surface area is 388 Å². The van der Waals surface area contributed by atoms with Crippen LogP contribution in [0.25, 0.3) is 44.5 Å². The van der Waals surface area contributed by atoms with Gasteiger partial charge in [-0.15, -0.1) is 0 Å². The topological polar surface area (TPSA) is 87.4 Å². The first-order chi connectivity index (χ1) is 31.9. The maximum Gasteiger partial charge on any atom is 0.146 e. The summed E-state index contributed by atoms with van der Waals surface area (Å²) in [6.45, 7) is 9.41. The molecule has 8 aromatic carbocycles. The first kappa shape index (κ1) is 43.5. The van der Waals surface area contributed by atoms with Gasteiger partial charge in [0.1, 0.15) is 29.0 Å². The number of hydrogen-bond acceptors (Lipinski definition) is 6. The van der Waals surface area contributed by atoms with Gasteiger partial charge in [0.05, 0.1) is 7.85 Å². The molecule has 2 atom stereocenters. The van der Waals surface area contributed by atoms with E-state index in [1.165, 1.54) is 0 Å². The van der Waals surface area contributed by atoms with Gasteiger partial charge in [-0.1, -0.05) is 133 Å². The number of hydrogen-bond donors (Lipinski definition) is 4. The summed E-state index contributed by atoms with van der Waals surface area (Å²) in [5.41, 5.74) is 16.6. The Morgan fingerprint density at radius 1 is 0.364 bits per heavy atom. The van der Waals surface area contributed by atoms with E-state index in [9.17, 15) is 20.4 Å². The molecule has 1 aliphatic carbocycles. The van der Waals surface area contributed by atoms with Gasteiger partial charge >= 0.3 is 0 Å². The zero-order valence-corrected chi connectivity index (χ0v) is 37.7. The van der Waals surface area contributed by atoms with Crippen molar-refractivity contribution >= 4 is 36.3 Å². The highest BCUT2D eigenvalue weighted by atomic mass is 16.3. The van der Waals surface area contributed by atoms with E-state index in [4.69, 9.17) is 7.85 Å². The Balaban J connectivity index is 1.01. The summed E-state index contributed by atoms with van der Waals surface area (Å²) >= 11 is 0. The fourth-order valence-electron chi connectivity index (χ4n) is 8.97. The fourth-order valence-corrected chi connectivity index (χ4v) is 8.97. The van der Waals surface area contributed by atoms with Crippen LogP contribution in [0.15, 0.2) is 205 Å². The first-order valence-electron chi connectivity index (χ1n) is 22.2. The standard InChI is InChI=1S/C59H51BN2O4/c1-36-38(3)56(63)55(57(64)39(36)4)62(51-32-22-46(23-33-51)42-14-10-7-11-15-42)52-34-26-48(27-35-52)44-18-16-43(17-19-44)47-24-30-50(31-25-47)61(54-37(2)40(5)58(65)59(66)53(54)60)49-28-20-45(21-29-49)41-12-8-6-9-13-41/h6-35,53,59,63-66H,1-5H3. The second kappa shape index (κ2) is 18.0. The highest BCUT2D eigenvalue weighted by molar-refractivity contribution is 6.15. The monoisotopic (exact) mass is 862 g/mol.